The Morgan fingerprint density at radius 2 is 1.93 bits per heavy atom. The van der Waals surface area contributed by atoms with E-state index in [2.05, 4.69) is 15.0 Å². The largest absolute Gasteiger partial charge is 0.342 e. The number of hydrogen-bond donors (Lipinski definition) is 1. The Morgan fingerprint density at radius 1 is 1.07 bits per heavy atom. The number of nitrogens with zero attached hydrogens (tertiary/aromatic N) is 3. The summed E-state index contributed by atoms with van der Waals surface area (Å²) in [5.41, 5.74) is 3.99. The molecule has 0 aliphatic carbocycles. The standard InChI is InChI=1S/C22H14Cl2N4O/c23-16-6-5-13(9-17(16)24)11-28-12-15(14-3-1-2-4-20(14)28)21(29)22-26-18-7-8-25-10-19(18)27-22/h1-10,12H,11H2,(H,26,27). The van der Waals surface area contributed by atoms with E-state index >= 15 is 0 Å². The van der Waals surface area contributed by atoms with Gasteiger partial charge in [-0.1, -0.05) is 47.5 Å². The summed E-state index contributed by atoms with van der Waals surface area (Å²) in [6.07, 6.45) is 5.17. The highest BCUT2D eigenvalue weighted by Gasteiger charge is 2.20. The average Bonchev–Trinajstić information content (AvgIpc) is 3.32. The van der Waals surface area contributed by atoms with Crippen LogP contribution in [0.5, 0.6) is 0 Å². The minimum Gasteiger partial charge on any atom is -0.342 e. The number of imidazole rings is 1. The number of carbonyl (C=O) groups is 1. The van der Waals surface area contributed by atoms with Gasteiger partial charge in [0.1, 0.15) is 0 Å². The van der Waals surface area contributed by atoms with Crippen molar-refractivity contribution in [3.05, 3.63) is 94.1 Å². The Hall–Kier alpha value is -3.15. The third-order valence-corrected chi connectivity index (χ3v) is 5.61. The molecule has 1 N–H and O–H groups in total. The van der Waals surface area contributed by atoms with Gasteiger partial charge in [0.25, 0.3) is 0 Å². The van der Waals surface area contributed by atoms with Crippen LogP contribution >= 0.6 is 23.2 Å². The maximum absolute atomic E-state index is 13.2. The number of rotatable bonds is 4. The predicted octanol–water partition coefficient (Wildman–Crippen LogP) is 5.50. The zero-order valence-electron chi connectivity index (χ0n) is 15.1. The molecule has 0 aliphatic heterocycles. The number of nitrogens with one attached hydrogen (secondary N) is 1. The number of fused-ring (bicyclic) bond motifs is 2. The van der Waals surface area contributed by atoms with Crippen molar-refractivity contribution in [1.82, 2.24) is 19.5 Å². The van der Waals surface area contributed by atoms with Crippen LogP contribution in [0, 0.1) is 0 Å². The summed E-state index contributed by atoms with van der Waals surface area (Å²) in [7, 11) is 0. The van der Waals surface area contributed by atoms with E-state index in [0.717, 1.165) is 22.0 Å². The molecule has 0 aliphatic rings. The topological polar surface area (TPSA) is 63.6 Å². The second-order valence-electron chi connectivity index (χ2n) is 6.74. The second kappa shape index (κ2) is 7.03. The Kier molecular flexibility index (Phi) is 4.34. The van der Waals surface area contributed by atoms with Gasteiger partial charge in [-0.25, -0.2) is 4.98 Å². The van der Waals surface area contributed by atoms with Gasteiger partial charge in [-0.05, 0) is 29.8 Å². The highest BCUT2D eigenvalue weighted by molar-refractivity contribution is 6.42. The van der Waals surface area contributed by atoms with Gasteiger partial charge in [0.2, 0.25) is 5.78 Å². The van der Waals surface area contributed by atoms with Crippen LogP contribution in [0.1, 0.15) is 21.7 Å². The molecule has 29 heavy (non-hydrogen) atoms. The molecule has 0 saturated carbocycles. The zero-order valence-corrected chi connectivity index (χ0v) is 16.6. The molecule has 5 rings (SSSR count). The number of benzene rings is 2. The molecule has 7 heteroatoms. The molecule has 0 radical (unpaired) electrons. The van der Waals surface area contributed by atoms with Crippen LogP contribution in [0.15, 0.2) is 67.1 Å². The van der Waals surface area contributed by atoms with Crippen LogP contribution < -0.4 is 0 Å². The summed E-state index contributed by atoms with van der Waals surface area (Å²) >= 11 is 12.2. The van der Waals surface area contributed by atoms with Gasteiger partial charge in [-0.3, -0.25) is 9.78 Å². The van der Waals surface area contributed by atoms with E-state index in [1.165, 1.54) is 0 Å². The van der Waals surface area contributed by atoms with E-state index in [-0.39, 0.29) is 5.78 Å². The lowest BCUT2D eigenvalue weighted by molar-refractivity contribution is 0.103. The number of aromatic amines is 1. The second-order valence-corrected chi connectivity index (χ2v) is 7.56. The summed E-state index contributed by atoms with van der Waals surface area (Å²) in [4.78, 5) is 24.8. The van der Waals surface area contributed by atoms with Crippen molar-refractivity contribution in [2.45, 2.75) is 6.54 Å². The fourth-order valence-corrected chi connectivity index (χ4v) is 3.81. The molecular formula is C22H14Cl2N4O. The van der Waals surface area contributed by atoms with Crippen molar-refractivity contribution >= 4 is 50.9 Å². The summed E-state index contributed by atoms with van der Waals surface area (Å²) < 4.78 is 2.03. The Balaban J connectivity index is 1.59. The van der Waals surface area contributed by atoms with Crippen LogP contribution in [-0.4, -0.2) is 25.3 Å². The summed E-state index contributed by atoms with van der Waals surface area (Å²) in [5.74, 6) is 0.135. The van der Waals surface area contributed by atoms with Gasteiger partial charge in [-0.2, -0.15) is 0 Å². The van der Waals surface area contributed by atoms with Crippen molar-refractivity contribution in [3.8, 4) is 0 Å². The smallest absolute Gasteiger partial charge is 0.230 e. The molecule has 0 amide bonds. The lowest BCUT2D eigenvalue weighted by atomic mass is 10.1. The number of aromatic nitrogens is 4. The first kappa shape index (κ1) is 17.9. The molecule has 0 spiro atoms. The number of halogens is 2. The number of para-hydroxylation sites is 1. The zero-order chi connectivity index (χ0) is 20.0. The van der Waals surface area contributed by atoms with E-state index in [0.29, 0.717) is 33.5 Å². The van der Waals surface area contributed by atoms with Crippen molar-refractivity contribution in [1.29, 1.82) is 0 Å². The average molecular weight is 421 g/mol. The summed E-state index contributed by atoms with van der Waals surface area (Å²) in [6.45, 7) is 0.564. The molecule has 3 aromatic heterocycles. The molecule has 0 fully saturated rings. The molecule has 5 aromatic rings. The van der Waals surface area contributed by atoms with E-state index in [4.69, 9.17) is 23.2 Å². The maximum Gasteiger partial charge on any atom is 0.230 e. The van der Waals surface area contributed by atoms with Crippen molar-refractivity contribution in [2.75, 3.05) is 0 Å². The fraction of sp³-hybridized carbons (Fsp3) is 0.0455. The number of carbonyl (C=O) groups excluding carboxylic acids is 1. The highest BCUT2D eigenvalue weighted by Crippen LogP contribution is 2.27. The lowest BCUT2D eigenvalue weighted by Crippen LogP contribution is -2.03. The van der Waals surface area contributed by atoms with E-state index < -0.39 is 0 Å². The van der Waals surface area contributed by atoms with Gasteiger partial charge in [0, 0.05) is 29.8 Å². The SMILES string of the molecule is O=C(c1nc2ccncc2[nH]1)c1cn(Cc2ccc(Cl)c(Cl)c2)c2ccccc12. The molecule has 0 saturated heterocycles. The van der Waals surface area contributed by atoms with Crippen molar-refractivity contribution in [3.63, 3.8) is 0 Å². The number of hydrogen-bond acceptors (Lipinski definition) is 3. The molecule has 0 atom stereocenters. The normalized spacial score (nSPS) is 11.4. The Morgan fingerprint density at radius 3 is 2.76 bits per heavy atom. The third kappa shape index (κ3) is 3.18. The number of ketones is 1. The quantitative estimate of drug-likeness (QED) is 0.390. The van der Waals surface area contributed by atoms with E-state index in [1.807, 2.05) is 47.2 Å². The van der Waals surface area contributed by atoms with Crippen LogP contribution in [0.2, 0.25) is 10.0 Å². The minimum atomic E-state index is -0.162. The first-order valence-electron chi connectivity index (χ1n) is 8.96. The third-order valence-electron chi connectivity index (χ3n) is 4.87. The first-order valence-corrected chi connectivity index (χ1v) is 9.72. The molecule has 0 bridgehead atoms. The molecule has 5 nitrogen and oxygen atoms in total. The summed E-state index contributed by atoms with van der Waals surface area (Å²) in [5, 5.41) is 1.90. The maximum atomic E-state index is 13.2. The fourth-order valence-electron chi connectivity index (χ4n) is 3.49. The Labute approximate surface area is 175 Å². The predicted molar refractivity (Wildman–Crippen MR) is 115 cm³/mol. The Bertz CT molecular complexity index is 1350. The van der Waals surface area contributed by atoms with E-state index in [1.54, 1.807) is 24.5 Å². The molecular weight excluding hydrogens is 407 g/mol. The van der Waals surface area contributed by atoms with Gasteiger partial charge in [0.05, 0.1) is 32.8 Å². The van der Waals surface area contributed by atoms with Crippen molar-refractivity contribution in [2.24, 2.45) is 0 Å². The summed E-state index contributed by atoms with van der Waals surface area (Å²) in [6, 6.07) is 15.1. The highest BCUT2D eigenvalue weighted by atomic mass is 35.5. The van der Waals surface area contributed by atoms with Crippen LogP contribution in [0.3, 0.4) is 0 Å². The van der Waals surface area contributed by atoms with Gasteiger partial charge >= 0.3 is 0 Å². The number of H-pyrrole nitrogens is 1. The minimum absolute atomic E-state index is 0.162. The number of pyridine rings is 1. The van der Waals surface area contributed by atoms with E-state index in [9.17, 15) is 4.79 Å². The van der Waals surface area contributed by atoms with Gasteiger partial charge in [0.15, 0.2) is 5.82 Å². The van der Waals surface area contributed by atoms with Crippen LogP contribution in [-0.2, 0) is 6.54 Å². The van der Waals surface area contributed by atoms with Crippen LogP contribution in [0.4, 0.5) is 0 Å². The monoisotopic (exact) mass is 420 g/mol. The molecule has 142 valence electrons. The lowest BCUT2D eigenvalue weighted by Gasteiger charge is -2.06. The molecule has 2 aromatic carbocycles. The first-order chi connectivity index (χ1) is 14.1. The van der Waals surface area contributed by atoms with Gasteiger partial charge in [-0.15, -0.1) is 0 Å². The molecule has 3 heterocycles. The van der Waals surface area contributed by atoms with Crippen LogP contribution in [0.25, 0.3) is 21.9 Å². The molecule has 0 unspecified atom stereocenters. The van der Waals surface area contributed by atoms with Gasteiger partial charge < -0.3 is 9.55 Å². The van der Waals surface area contributed by atoms with Crippen molar-refractivity contribution < 1.29 is 4.79 Å².